The van der Waals surface area contributed by atoms with E-state index in [0.717, 1.165) is 19.5 Å². The van der Waals surface area contributed by atoms with E-state index < -0.39 is 0 Å². The van der Waals surface area contributed by atoms with Crippen LogP contribution in [-0.2, 0) is 6.42 Å². The molecule has 2 nitrogen and oxygen atoms in total. The summed E-state index contributed by atoms with van der Waals surface area (Å²) in [6.07, 6.45) is 2.98. The van der Waals surface area contributed by atoms with Crippen LogP contribution in [0.25, 0.3) is 0 Å². The average Bonchev–Trinajstić information content (AvgIpc) is 2.53. The van der Waals surface area contributed by atoms with Crippen molar-refractivity contribution in [2.45, 2.75) is 20.3 Å². The molecule has 0 aromatic carbocycles. The van der Waals surface area contributed by atoms with Crippen LogP contribution in [0.1, 0.15) is 18.9 Å². The predicted molar refractivity (Wildman–Crippen MR) is 53.5 cm³/mol. The number of rotatable bonds is 5. The molecule has 1 rings (SSSR count). The molecule has 0 bridgehead atoms. The van der Waals surface area contributed by atoms with Crippen molar-refractivity contribution in [2.75, 3.05) is 13.1 Å². The molecular weight excluding hydrogens is 168 g/mol. The van der Waals surface area contributed by atoms with Gasteiger partial charge in [-0.05, 0) is 19.0 Å². The van der Waals surface area contributed by atoms with E-state index in [-0.39, 0.29) is 0 Å². The van der Waals surface area contributed by atoms with Crippen molar-refractivity contribution in [1.29, 1.82) is 0 Å². The summed E-state index contributed by atoms with van der Waals surface area (Å²) in [7, 11) is 0. The van der Waals surface area contributed by atoms with Crippen LogP contribution >= 0.6 is 11.3 Å². The molecule has 0 aliphatic carbocycles. The van der Waals surface area contributed by atoms with Gasteiger partial charge in [-0.1, -0.05) is 13.8 Å². The van der Waals surface area contributed by atoms with Gasteiger partial charge in [0.25, 0.3) is 0 Å². The maximum atomic E-state index is 4.26. The summed E-state index contributed by atoms with van der Waals surface area (Å²) in [5, 5.41) is 6.62. The van der Waals surface area contributed by atoms with Gasteiger partial charge in [0, 0.05) is 18.0 Å². The molecule has 1 atom stereocenters. The molecule has 0 fully saturated rings. The average molecular weight is 184 g/mol. The lowest BCUT2D eigenvalue weighted by atomic mass is 10.1. The number of aromatic nitrogens is 1. The van der Waals surface area contributed by atoms with Gasteiger partial charge >= 0.3 is 0 Å². The van der Waals surface area contributed by atoms with Gasteiger partial charge < -0.3 is 5.32 Å². The number of thiazole rings is 1. The Bertz CT molecular complexity index is 196. The molecule has 0 aliphatic rings. The maximum Gasteiger partial charge on any atom is 0.0927 e. The molecule has 0 saturated heterocycles. The van der Waals surface area contributed by atoms with Gasteiger partial charge in [0.05, 0.1) is 5.01 Å². The first-order valence-electron chi connectivity index (χ1n) is 4.42. The molecule has 68 valence electrons. The minimum Gasteiger partial charge on any atom is -0.317 e. The van der Waals surface area contributed by atoms with E-state index >= 15 is 0 Å². The van der Waals surface area contributed by atoms with E-state index in [9.17, 15) is 0 Å². The first kappa shape index (κ1) is 9.68. The van der Waals surface area contributed by atoms with Gasteiger partial charge in [-0.25, -0.2) is 4.98 Å². The van der Waals surface area contributed by atoms with Crippen molar-refractivity contribution in [3.63, 3.8) is 0 Å². The third-order valence-corrected chi connectivity index (χ3v) is 2.55. The SMILES string of the molecule is CCNCC(C)Cc1nccs1. The minimum absolute atomic E-state index is 0.691. The Kier molecular flexibility index (Phi) is 4.25. The number of hydrogen-bond acceptors (Lipinski definition) is 3. The fourth-order valence-corrected chi connectivity index (χ4v) is 1.90. The second-order valence-corrected chi connectivity index (χ2v) is 4.02. The van der Waals surface area contributed by atoms with Crippen LogP contribution in [0.5, 0.6) is 0 Å². The molecule has 12 heavy (non-hydrogen) atoms. The Morgan fingerprint density at radius 1 is 1.67 bits per heavy atom. The molecule has 0 spiro atoms. The van der Waals surface area contributed by atoms with Crippen molar-refractivity contribution in [3.05, 3.63) is 16.6 Å². The van der Waals surface area contributed by atoms with E-state index in [2.05, 4.69) is 24.1 Å². The van der Waals surface area contributed by atoms with Crippen molar-refractivity contribution in [3.8, 4) is 0 Å². The zero-order valence-electron chi connectivity index (χ0n) is 7.71. The molecule has 1 aromatic heterocycles. The van der Waals surface area contributed by atoms with Crippen LogP contribution in [0.15, 0.2) is 11.6 Å². The zero-order valence-corrected chi connectivity index (χ0v) is 8.53. The molecule has 1 N–H and O–H groups in total. The molecule has 3 heteroatoms. The van der Waals surface area contributed by atoms with Gasteiger partial charge in [0.1, 0.15) is 0 Å². The fourth-order valence-electron chi connectivity index (χ4n) is 1.11. The lowest BCUT2D eigenvalue weighted by Crippen LogP contribution is -2.21. The lowest BCUT2D eigenvalue weighted by molar-refractivity contribution is 0.520. The lowest BCUT2D eigenvalue weighted by Gasteiger charge is -2.08. The quantitative estimate of drug-likeness (QED) is 0.756. The highest BCUT2D eigenvalue weighted by Gasteiger charge is 2.03. The maximum absolute atomic E-state index is 4.26. The predicted octanol–water partition coefficient (Wildman–Crippen LogP) is 1.93. The van der Waals surface area contributed by atoms with Gasteiger partial charge in [-0.3, -0.25) is 0 Å². The molecule has 0 amide bonds. The highest BCUT2D eigenvalue weighted by molar-refractivity contribution is 7.09. The Labute approximate surface area is 78.0 Å². The molecular formula is C9H16N2S. The third-order valence-electron chi connectivity index (χ3n) is 1.75. The Morgan fingerprint density at radius 2 is 2.50 bits per heavy atom. The van der Waals surface area contributed by atoms with Crippen LogP contribution in [0, 0.1) is 5.92 Å². The zero-order chi connectivity index (χ0) is 8.81. The Morgan fingerprint density at radius 3 is 3.08 bits per heavy atom. The Hall–Kier alpha value is -0.410. The second kappa shape index (κ2) is 5.27. The standard InChI is InChI=1S/C9H16N2S/c1-3-10-7-8(2)6-9-11-4-5-12-9/h4-5,8,10H,3,6-7H2,1-2H3. The van der Waals surface area contributed by atoms with Crippen LogP contribution in [0.4, 0.5) is 0 Å². The summed E-state index contributed by atoms with van der Waals surface area (Å²) in [6, 6.07) is 0. The van der Waals surface area contributed by atoms with Gasteiger partial charge in [-0.15, -0.1) is 11.3 Å². The van der Waals surface area contributed by atoms with Gasteiger partial charge in [0.15, 0.2) is 0 Å². The first-order valence-corrected chi connectivity index (χ1v) is 5.30. The van der Waals surface area contributed by atoms with Crippen molar-refractivity contribution in [2.24, 2.45) is 5.92 Å². The number of nitrogens with one attached hydrogen (secondary N) is 1. The first-order chi connectivity index (χ1) is 5.83. The van der Waals surface area contributed by atoms with Crippen molar-refractivity contribution >= 4 is 11.3 Å². The van der Waals surface area contributed by atoms with E-state index in [4.69, 9.17) is 0 Å². The largest absolute Gasteiger partial charge is 0.317 e. The number of nitrogens with zero attached hydrogens (tertiary/aromatic N) is 1. The molecule has 1 unspecified atom stereocenters. The summed E-state index contributed by atoms with van der Waals surface area (Å²) >= 11 is 1.75. The summed E-state index contributed by atoms with van der Waals surface area (Å²) in [4.78, 5) is 4.26. The third kappa shape index (κ3) is 3.32. The van der Waals surface area contributed by atoms with E-state index in [1.165, 1.54) is 5.01 Å². The minimum atomic E-state index is 0.691. The van der Waals surface area contributed by atoms with Crippen LogP contribution in [0.3, 0.4) is 0 Å². The monoisotopic (exact) mass is 184 g/mol. The topological polar surface area (TPSA) is 24.9 Å². The Balaban J connectivity index is 2.22. The van der Waals surface area contributed by atoms with Crippen LogP contribution in [0.2, 0.25) is 0 Å². The summed E-state index contributed by atoms with van der Waals surface area (Å²) in [5.41, 5.74) is 0. The highest BCUT2D eigenvalue weighted by atomic mass is 32.1. The van der Waals surface area contributed by atoms with Crippen molar-refractivity contribution < 1.29 is 0 Å². The number of hydrogen-bond donors (Lipinski definition) is 1. The second-order valence-electron chi connectivity index (χ2n) is 3.04. The molecule has 1 heterocycles. The molecule has 1 aromatic rings. The summed E-state index contributed by atoms with van der Waals surface area (Å²) < 4.78 is 0. The molecule has 0 radical (unpaired) electrons. The van der Waals surface area contributed by atoms with Crippen LogP contribution < -0.4 is 5.32 Å². The smallest absolute Gasteiger partial charge is 0.0927 e. The normalized spacial score (nSPS) is 13.2. The molecule has 0 aliphatic heterocycles. The van der Waals surface area contributed by atoms with Gasteiger partial charge in [0.2, 0.25) is 0 Å². The molecule has 0 saturated carbocycles. The fraction of sp³-hybridized carbons (Fsp3) is 0.667. The highest BCUT2D eigenvalue weighted by Crippen LogP contribution is 2.10. The summed E-state index contributed by atoms with van der Waals surface area (Å²) in [6.45, 7) is 6.54. The van der Waals surface area contributed by atoms with Gasteiger partial charge in [-0.2, -0.15) is 0 Å². The van der Waals surface area contributed by atoms with Crippen LogP contribution in [-0.4, -0.2) is 18.1 Å². The van der Waals surface area contributed by atoms with E-state index in [0.29, 0.717) is 5.92 Å². The van der Waals surface area contributed by atoms with E-state index in [1.54, 1.807) is 11.3 Å². The van der Waals surface area contributed by atoms with Crippen molar-refractivity contribution in [1.82, 2.24) is 10.3 Å². The summed E-state index contributed by atoms with van der Waals surface area (Å²) in [5.74, 6) is 0.691. The van der Waals surface area contributed by atoms with E-state index in [1.807, 2.05) is 11.6 Å².